The van der Waals surface area contributed by atoms with E-state index in [4.69, 9.17) is 0 Å². The van der Waals surface area contributed by atoms with Crippen LogP contribution in [0.4, 0.5) is 0 Å². The van der Waals surface area contributed by atoms with E-state index in [2.05, 4.69) is 33.9 Å². The highest BCUT2D eigenvalue weighted by Crippen LogP contribution is 2.34. The minimum atomic E-state index is 0.222. The van der Waals surface area contributed by atoms with Crippen LogP contribution < -0.4 is 5.32 Å². The van der Waals surface area contributed by atoms with Crippen LogP contribution in [0.15, 0.2) is 6.33 Å². The summed E-state index contributed by atoms with van der Waals surface area (Å²) in [4.78, 5) is 4.51. The Hall–Kier alpha value is -0.900. The van der Waals surface area contributed by atoms with Crippen LogP contribution >= 0.6 is 0 Å². The highest BCUT2D eigenvalue weighted by Gasteiger charge is 2.36. The molecule has 1 N–H and O–H groups in total. The number of aromatic nitrogens is 3. The standard InChI is InChI=1S/C12H22N4/c1-3-6-12(7-5-8-13-9-12)11-14-10-15-16(11)4-2/h10,13H,3-9H2,1-2H3. The zero-order chi connectivity index (χ0) is 11.4. The number of hydrogen-bond acceptors (Lipinski definition) is 3. The van der Waals surface area contributed by atoms with Crippen molar-refractivity contribution >= 4 is 0 Å². The molecule has 1 unspecified atom stereocenters. The Morgan fingerprint density at radius 1 is 1.50 bits per heavy atom. The van der Waals surface area contributed by atoms with Crippen LogP contribution in [0.1, 0.15) is 45.4 Å². The van der Waals surface area contributed by atoms with E-state index in [0.29, 0.717) is 0 Å². The Kier molecular flexibility index (Phi) is 3.59. The molecule has 4 heteroatoms. The third-order valence-electron chi connectivity index (χ3n) is 3.59. The molecule has 0 saturated carbocycles. The molecule has 90 valence electrons. The fourth-order valence-electron chi connectivity index (χ4n) is 2.87. The van der Waals surface area contributed by atoms with E-state index >= 15 is 0 Å². The molecule has 1 aliphatic heterocycles. The van der Waals surface area contributed by atoms with Gasteiger partial charge in [-0.2, -0.15) is 5.10 Å². The lowest BCUT2D eigenvalue weighted by Crippen LogP contribution is -2.45. The smallest absolute Gasteiger partial charge is 0.138 e. The number of rotatable bonds is 4. The van der Waals surface area contributed by atoms with Gasteiger partial charge in [0.1, 0.15) is 12.2 Å². The van der Waals surface area contributed by atoms with Crippen molar-refractivity contribution in [3.63, 3.8) is 0 Å². The van der Waals surface area contributed by atoms with Crippen LogP contribution in [0, 0.1) is 0 Å². The molecule has 0 radical (unpaired) electrons. The molecule has 16 heavy (non-hydrogen) atoms. The van der Waals surface area contributed by atoms with E-state index in [1.54, 1.807) is 6.33 Å². The zero-order valence-electron chi connectivity index (χ0n) is 10.4. The van der Waals surface area contributed by atoms with Gasteiger partial charge in [-0.3, -0.25) is 0 Å². The van der Waals surface area contributed by atoms with Crippen LogP contribution in [0.5, 0.6) is 0 Å². The Bertz CT molecular complexity index is 320. The van der Waals surface area contributed by atoms with Gasteiger partial charge < -0.3 is 5.32 Å². The summed E-state index contributed by atoms with van der Waals surface area (Å²) in [5, 5.41) is 7.83. The molecule has 1 saturated heterocycles. The first-order valence-electron chi connectivity index (χ1n) is 6.41. The molecule has 2 heterocycles. The summed E-state index contributed by atoms with van der Waals surface area (Å²) in [5.74, 6) is 1.18. The molecular weight excluding hydrogens is 200 g/mol. The first-order chi connectivity index (χ1) is 7.82. The molecule has 1 fully saturated rings. The normalized spacial score (nSPS) is 25.9. The summed E-state index contributed by atoms with van der Waals surface area (Å²) < 4.78 is 2.06. The maximum atomic E-state index is 4.51. The van der Waals surface area contributed by atoms with Crippen LogP contribution in [0.3, 0.4) is 0 Å². The van der Waals surface area contributed by atoms with E-state index in [1.165, 1.54) is 31.5 Å². The summed E-state index contributed by atoms with van der Waals surface area (Å²) in [6.45, 7) is 7.50. The maximum absolute atomic E-state index is 4.51. The third-order valence-corrected chi connectivity index (χ3v) is 3.59. The topological polar surface area (TPSA) is 42.7 Å². The van der Waals surface area contributed by atoms with Crippen LogP contribution in [-0.4, -0.2) is 27.9 Å². The van der Waals surface area contributed by atoms with E-state index in [-0.39, 0.29) is 5.41 Å². The summed E-state index contributed by atoms with van der Waals surface area (Å²) in [6, 6.07) is 0. The van der Waals surface area contributed by atoms with Crippen molar-refractivity contribution in [1.29, 1.82) is 0 Å². The second kappa shape index (κ2) is 4.95. The third kappa shape index (κ3) is 1.98. The number of hydrogen-bond donors (Lipinski definition) is 1. The average molecular weight is 222 g/mol. The minimum Gasteiger partial charge on any atom is -0.316 e. The Labute approximate surface area is 97.5 Å². The highest BCUT2D eigenvalue weighted by molar-refractivity contribution is 5.10. The van der Waals surface area contributed by atoms with Crippen molar-refractivity contribution in [3.8, 4) is 0 Å². The fourth-order valence-corrected chi connectivity index (χ4v) is 2.87. The molecule has 0 amide bonds. The molecule has 2 rings (SSSR count). The van der Waals surface area contributed by atoms with Crippen LogP contribution in [0.25, 0.3) is 0 Å². The molecule has 1 atom stereocenters. The summed E-state index contributed by atoms with van der Waals surface area (Å²) >= 11 is 0. The van der Waals surface area contributed by atoms with Gasteiger partial charge in [0.25, 0.3) is 0 Å². The first-order valence-corrected chi connectivity index (χ1v) is 6.41. The van der Waals surface area contributed by atoms with Gasteiger partial charge in [-0.05, 0) is 32.7 Å². The molecule has 0 spiro atoms. The Morgan fingerprint density at radius 2 is 2.38 bits per heavy atom. The van der Waals surface area contributed by atoms with Crippen molar-refractivity contribution in [3.05, 3.63) is 12.2 Å². The number of nitrogens with one attached hydrogen (secondary N) is 1. The lowest BCUT2D eigenvalue weighted by molar-refractivity contribution is 0.264. The number of piperidine rings is 1. The predicted molar refractivity (Wildman–Crippen MR) is 64.4 cm³/mol. The lowest BCUT2D eigenvalue weighted by Gasteiger charge is -2.36. The zero-order valence-corrected chi connectivity index (χ0v) is 10.4. The molecular formula is C12H22N4. The van der Waals surface area contributed by atoms with Crippen molar-refractivity contribution in [2.75, 3.05) is 13.1 Å². The Morgan fingerprint density at radius 3 is 3.00 bits per heavy atom. The molecule has 4 nitrogen and oxygen atoms in total. The van der Waals surface area contributed by atoms with Crippen LogP contribution in [-0.2, 0) is 12.0 Å². The van der Waals surface area contributed by atoms with E-state index in [9.17, 15) is 0 Å². The van der Waals surface area contributed by atoms with E-state index in [1.807, 2.05) is 0 Å². The summed E-state index contributed by atoms with van der Waals surface area (Å²) in [6.07, 6.45) is 6.60. The lowest BCUT2D eigenvalue weighted by atomic mass is 9.76. The van der Waals surface area contributed by atoms with Gasteiger partial charge in [-0.15, -0.1) is 0 Å². The summed E-state index contributed by atoms with van der Waals surface area (Å²) in [7, 11) is 0. The first kappa shape index (κ1) is 11.6. The molecule has 0 aromatic carbocycles. The fraction of sp³-hybridized carbons (Fsp3) is 0.833. The van der Waals surface area contributed by atoms with Gasteiger partial charge in [-0.1, -0.05) is 13.3 Å². The van der Waals surface area contributed by atoms with Crippen molar-refractivity contribution in [2.45, 2.75) is 51.5 Å². The number of aryl methyl sites for hydroxylation is 1. The molecule has 1 aromatic heterocycles. The molecule has 1 aromatic rings. The second-order valence-electron chi connectivity index (χ2n) is 4.71. The van der Waals surface area contributed by atoms with Crippen molar-refractivity contribution in [2.24, 2.45) is 0 Å². The van der Waals surface area contributed by atoms with Crippen molar-refractivity contribution in [1.82, 2.24) is 20.1 Å². The van der Waals surface area contributed by atoms with Gasteiger partial charge in [0.05, 0.1) is 0 Å². The van der Waals surface area contributed by atoms with Gasteiger partial charge in [-0.25, -0.2) is 9.67 Å². The van der Waals surface area contributed by atoms with Gasteiger partial charge in [0.15, 0.2) is 0 Å². The minimum absolute atomic E-state index is 0.222. The molecule has 0 bridgehead atoms. The van der Waals surface area contributed by atoms with Crippen LogP contribution in [0.2, 0.25) is 0 Å². The van der Waals surface area contributed by atoms with Gasteiger partial charge in [0.2, 0.25) is 0 Å². The van der Waals surface area contributed by atoms with E-state index < -0.39 is 0 Å². The van der Waals surface area contributed by atoms with Gasteiger partial charge in [0, 0.05) is 18.5 Å². The monoisotopic (exact) mass is 222 g/mol. The number of nitrogens with zero attached hydrogens (tertiary/aromatic N) is 3. The summed E-state index contributed by atoms with van der Waals surface area (Å²) in [5.41, 5.74) is 0.222. The quantitative estimate of drug-likeness (QED) is 0.843. The second-order valence-corrected chi connectivity index (χ2v) is 4.71. The highest BCUT2D eigenvalue weighted by atomic mass is 15.3. The largest absolute Gasteiger partial charge is 0.316 e. The Balaban J connectivity index is 2.30. The molecule has 0 aliphatic carbocycles. The van der Waals surface area contributed by atoms with E-state index in [0.717, 1.165) is 19.6 Å². The van der Waals surface area contributed by atoms with Crippen molar-refractivity contribution < 1.29 is 0 Å². The molecule has 1 aliphatic rings. The maximum Gasteiger partial charge on any atom is 0.138 e. The average Bonchev–Trinajstić information content (AvgIpc) is 2.79. The SMILES string of the molecule is CCCC1(c2ncnn2CC)CCCNC1. The van der Waals surface area contributed by atoms with Gasteiger partial charge >= 0.3 is 0 Å². The predicted octanol–water partition coefficient (Wildman–Crippen LogP) is 1.72.